The molecule has 4 nitrogen and oxygen atoms in total. The maximum absolute atomic E-state index is 13.7. The molecule has 1 aromatic heterocycles. The van der Waals surface area contributed by atoms with E-state index in [0.29, 0.717) is 11.8 Å². The average Bonchev–Trinajstić information content (AvgIpc) is 3.50. The Morgan fingerprint density at radius 1 is 1.05 bits per heavy atom. The fourth-order valence-corrected chi connectivity index (χ4v) is 10.6. The first-order valence-electron chi connectivity index (χ1n) is 17.3. The van der Waals surface area contributed by atoms with Crippen LogP contribution in [0.15, 0.2) is 29.9 Å². The number of rotatable bonds is 2. The zero-order valence-corrected chi connectivity index (χ0v) is 29.3. The Hall–Kier alpha value is -2.17. The van der Waals surface area contributed by atoms with E-state index in [2.05, 4.69) is 105 Å². The summed E-state index contributed by atoms with van der Waals surface area (Å²) in [6.07, 6.45) is 10.7. The summed E-state index contributed by atoms with van der Waals surface area (Å²) in [5, 5.41) is 1.37. The molecular weight excluding hydrogens is 540 g/mol. The lowest BCUT2D eigenvalue weighted by Gasteiger charge is -2.59. The van der Waals surface area contributed by atoms with Crippen LogP contribution >= 0.6 is 0 Å². The van der Waals surface area contributed by atoms with Crippen molar-refractivity contribution >= 4 is 22.3 Å². The summed E-state index contributed by atoms with van der Waals surface area (Å²) in [5.41, 5.74) is 16.5. The molecule has 238 valence electrons. The van der Waals surface area contributed by atoms with Crippen molar-refractivity contribution in [2.24, 2.45) is 39.7 Å². The highest BCUT2D eigenvalue weighted by molar-refractivity contribution is 5.94. The number of H-pyrrole nitrogens is 1. The van der Waals surface area contributed by atoms with Crippen molar-refractivity contribution in [2.75, 3.05) is 0 Å². The number of nitrogens with one attached hydrogen (secondary N) is 1. The fraction of sp³-hybridized carbons (Fsp3) is 0.675. The van der Waals surface area contributed by atoms with E-state index in [-0.39, 0.29) is 50.6 Å². The number of benzene rings is 1. The highest BCUT2D eigenvalue weighted by Crippen LogP contribution is 2.67. The molecule has 0 saturated heterocycles. The first-order chi connectivity index (χ1) is 20.2. The van der Waals surface area contributed by atoms with Crippen molar-refractivity contribution < 1.29 is 9.53 Å². The van der Waals surface area contributed by atoms with Crippen LogP contribution in [-0.2, 0) is 22.4 Å². The van der Waals surface area contributed by atoms with E-state index in [9.17, 15) is 4.79 Å². The molecule has 1 aliphatic heterocycles. The van der Waals surface area contributed by atoms with E-state index in [4.69, 9.17) is 10.5 Å². The number of hydrogen-bond donors (Lipinski definition) is 2. The number of aromatic amines is 1. The minimum atomic E-state index is -0.277. The van der Waals surface area contributed by atoms with E-state index in [1.54, 1.807) is 0 Å². The second kappa shape index (κ2) is 9.00. The highest BCUT2D eigenvalue weighted by Gasteiger charge is 2.62. The minimum absolute atomic E-state index is 0.00787. The molecule has 0 amide bonds. The Morgan fingerprint density at radius 3 is 2.43 bits per heavy atom. The summed E-state index contributed by atoms with van der Waals surface area (Å²) in [6, 6.07) is 4.93. The molecule has 2 saturated carbocycles. The van der Waals surface area contributed by atoms with Gasteiger partial charge in [0.25, 0.3) is 0 Å². The van der Waals surface area contributed by atoms with Gasteiger partial charge in [-0.25, -0.2) is 0 Å². The molecule has 2 fully saturated rings. The highest BCUT2D eigenvalue weighted by atomic mass is 16.5. The molecule has 3 N–H and O–H groups in total. The van der Waals surface area contributed by atoms with Crippen LogP contribution < -0.4 is 5.73 Å². The minimum Gasteiger partial charge on any atom is -0.365 e. The second-order valence-corrected chi connectivity index (χ2v) is 18.7. The number of carbonyl (C=O) groups excluding carboxylic acids is 1. The third kappa shape index (κ3) is 4.25. The van der Waals surface area contributed by atoms with Crippen molar-refractivity contribution in [3.05, 3.63) is 52.2 Å². The molecule has 1 aromatic carbocycles. The van der Waals surface area contributed by atoms with Gasteiger partial charge >= 0.3 is 0 Å². The second-order valence-electron chi connectivity index (χ2n) is 18.7. The van der Waals surface area contributed by atoms with Crippen LogP contribution in [-0.4, -0.2) is 27.5 Å². The van der Waals surface area contributed by atoms with Gasteiger partial charge in [0.15, 0.2) is 5.78 Å². The van der Waals surface area contributed by atoms with Crippen LogP contribution in [0.1, 0.15) is 130 Å². The molecule has 4 unspecified atom stereocenters. The molecule has 4 aliphatic carbocycles. The van der Waals surface area contributed by atoms with E-state index < -0.39 is 0 Å². The molecule has 0 bridgehead atoms. The van der Waals surface area contributed by atoms with Crippen LogP contribution in [0, 0.1) is 34.0 Å². The smallest absolute Gasteiger partial charge is 0.158 e. The van der Waals surface area contributed by atoms with E-state index >= 15 is 0 Å². The molecule has 5 aliphatic rings. The Balaban J connectivity index is 1.31. The van der Waals surface area contributed by atoms with Crippen molar-refractivity contribution in [3.63, 3.8) is 0 Å². The maximum Gasteiger partial charge on any atom is 0.158 e. The first kappa shape index (κ1) is 30.5. The van der Waals surface area contributed by atoms with E-state index in [1.165, 1.54) is 44.4 Å². The standard InChI is InChI=1S/C40H56N2O2/c1-22(35(2,3)4)32(43)19-30-28-12-13-40(41)21-27-25-16-23-17-29-26(20-37(7,8)44-38(29,9)10)24(23)18-31(25)42-33(27)34(40)39(28,11)15-14-36(30,5)6/h16,18-20,22,28-29,34,42H,12-15,17,21,41H2,1-11H3/b30-19-/t22?,28?,29?,34?,39-,40+/m0/s1. The molecule has 44 heavy (non-hydrogen) atoms. The van der Waals surface area contributed by atoms with Crippen LogP contribution in [0.25, 0.3) is 16.5 Å². The van der Waals surface area contributed by atoms with E-state index in [1.807, 2.05) is 0 Å². The number of ketones is 1. The predicted octanol–water partition coefficient (Wildman–Crippen LogP) is 9.06. The van der Waals surface area contributed by atoms with Gasteiger partial charge in [0, 0.05) is 39.9 Å². The summed E-state index contributed by atoms with van der Waals surface area (Å²) < 4.78 is 6.55. The van der Waals surface area contributed by atoms with Crippen LogP contribution in [0.5, 0.6) is 0 Å². The van der Waals surface area contributed by atoms with Crippen molar-refractivity contribution in [1.29, 1.82) is 0 Å². The molecule has 2 aromatic rings. The zero-order valence-electron chi connectivity index (χ0n) is 29.3. The monoisotopic (exact) mass is 596 g/mol. The van der Waals surface area contributed by atoms with Gasteiger partial charge in [-0.1, -0.05) is 54.0 Å². The van der Waals surface area contributed by atoms with Crippen molar-refractivity contribution in [3.8, 4) is 0 Å². The molecule has 2 heterocycles. The van der Waals surface area contributed by atoms with Crippen molar-refractivity contribution in [1.82, 2.24) is 4.98 Å². The quantitative estimate of drug-likeness (QED) is 0.340. The summed E-state index contributed by atoms with van der Waals surface area (Å²) in [6.45, 7) is 24.8. The normalized spacial score (nSPS) is 36.2. The maximum atomic E-state index is 13.7. The molecular formula is C40H56N2O2. The summed E-state index contributed by atoms with van der Waals surface area (Å²) in [5.74, 6) is 1.28. The summed E-state index contributed by atoms with van der Waals surface area (Å²) in [4.78, 5) is 17.7. The number of carbonyl (C=O) groups is 1. The van der Waals surface area contributed by atoms with Gasteiger partial charge in [0.05, 0.1) is 11.2 Å². The summed E-state index contributed by atoms with van der Waals surface area (Å²) >= 11 is 0. The molecule has 7 rings (SSSR count). The SMILES string of the molecule is CC(C(=O)/C=C1/C2CC[C@@]3(N)Cc4c([nH]c5cc6c(cc45)CC4C6=CC(C)(C)OC4(C)C)C3[C@@]2(C)CCC1(C)C)C(C)(C)C. The lowest BCUT2D eigenvalue weighted by Crippen LogP contribution is -2.58. The number of hydrogen-bond acceptors (Lipinski definition) is 3. The first-order valence-corrected chi connectivity index (χ1v) is 17.3. The fourth-order valence-electron chi connectivity index (χ4n) is 10.6. The van der Waals surface area contributed by atoms with Gasteiger partial charge in [0.2, 0.25) is 0 Å². The molecule has 6 atom stereocenters. The molecule has 0 radical (unpaired) electrons. The lowest BCUT2D eigenvalue weighted by atomic mass is 9.46. The van der Waals surface area contributed by atoms with Gasteiger partial charge in [-0.3, -0.25) is 4.79 Å². The number of allylic oxidation sites excluding steroid dienone is 2. The molecule has 0 spiro atoms. The van der Waals surface area contributed by atoms with Gasteiger partial charge < -0.3 is 15.5 Å². The third-order valence-corrected chi connectivity index (χ3v) is 13.3. The Kier molecular flexibility index (Phi) is 6.24. The molecule has 4 heteroatoms. The third-order valence-electron chi connectivity index (χ3n) is 13.3. The number of ether oxygens (including phenoxy) is 1. The Bertz CT molecular complexity index is 1640. The number of fused-ring (bicyclic) bond motifs is 10. The van der Waals surface area contributed by atoms with Gasteiger partial charge in [-0.2, -0.15) is 0 Å². The van der Waals surface area contributed by atoms with Crippen molar-refractivity contribution in [2.45, 2.75) is 137 Å². The topological polar surface area (TPSA) is 68.1 Å². The van der Waals surface area contributed by atoms with Crippen LogP contribution in [0.3, 0.4) is 0 Å². The Morgan fingerprint density at radius 2 is 1.75 bits per heavy atom. The van der Waals surface area contributed by atoms with Crippen LogP contribution in [0.2, 0.25) is 0 Å². The van der Waals surface area contributed by atoms with E-state index in [0.717, 1.165) is 38.5 Å². The van der Waals surface area contributed by atoms with Gasteiger partial charge in [-0.15, -0.1) is 0 Å². The number of aromatic nitrogens is 1. The average molecular weight is 597 g/mol. The zero-order chi connectivity index (χ0) is 32.0. The predicted molar refractivity (Wildman–Crippen MR) is 182 cm³/mol. The van der Waals surface area contributed by atoms with Gasteiger partial charge in [0.1, 0.15) is 0 Å². The van der Waals surface area contributed by atoms with Crippen LogP contribution in [0.4, 0.5) is 0 Å². The Labute approximate surface area is 265 Å². The van der Waals surface area contributed by atoms with Gasteiger partial charge in [-0.05, 0) is 135 Å². The largest absolute Gasteiger partial charge is 0.365 e. The number of nitrogens with two attached hydrogens (primary N) is 1. The summed E-state index contributed by atoms with van der Waals surface area (Å²) in [7, 11) is 0. The lowest BCUT2D eigenvalue weighted by molar-refractivity contribution is -0.123.